The van der Waals surface area contributed by atoms with E-state index in [4.69, 9.17) is 29.6 Å². The Morgan fingerprint density at radius 2 is 1.22 bits per heavy atom. The summed E-state index contributed by atoms with van der Waals surface area (Å²) in [6.45, 7) is 0. The van der Waals surface area contributed by atoms with Crippen LogP contribution >= 0.6 is 0 Å². The second kappa shape index (κ2) is 10.2. The predicted molar refractivity (Wildman–Crippen MR) is 174 cm³/mol. The van der Waals surface area contributed by atoms with Crippen molar-refractivity contribution in [2.24, 2.45) is 17.8 Å². The Morgan fingerprint density at radius 1 is 0.622 bits per heavy atom. The third-order valence-electron chi connectivity index (χ3n) is 10.4. The number of nitriles is 1. The number of oxazole rings is 1. The highest BCUT2D eigenvalue weighted by atomic mass is 16.3. The van der Waals surface area contributed by atoms with E-state index >= 15 is 0 Å². The summed E-state index contributed by atoms with van der Waals surface area (Å²) in [4.78, 5) is 20.3. The van der Waals surface area contributed by atoms with Crippen LogP contribution in [0.5, 0.6) is 0 Å². The summed E-state index contributed by atoms with van der Waals surface area (Å²) < 4.78 is 6.04. The molecule has 218 valence electrons. The van der Waals surface area contributed by atoms with Gasteiger partial charge < -0.3 is 4.42 Å². The zero-order valence-electron chi connectivity index (χ0n) is 24.9. The van der Waals surface area contributed by atoms with Crippen LogP contribution in [0.1, 0.15) is 49.9 Å². The first-order chi connectivity index (χ1) is 22.1. The van der Waals surface area contributed by atoms with Gasteiger partial charge in [0, 0.05) is 22.1 Å². The molecule has 0 amide bonds. The molecule has 0 atom stereocenters. The van der Waals surface area contributed by atoms with E-state index in [2.05, 4.69) is 54.6 Å². The Balaban J connectivity index is 1.13. The van der Waals surface area contributed by atoms with Gasteiger partial charge in [0.2, 0.25) is 0 Å². The molecule has 4 aromatic carbocycles. The van der Waals surface area contributed by atoms with Gasteiger partial charge in [0.1, 0.15) is 11.3 Å². The minimum Gasteiger partial charge on any atom is -0.443 e. The molecule has 4 saturated carbocycles. The van der Waals surface area contributed by atoms with E-state index in [0.717, 1.165) is 73.9 Å². The summed E-state index contributed by atoms with van der Waals surface area (Å²) in [5, 5.41) is 9.13. The molecule has 6 aromatic rings. The Labute approximate surface area is 261 Å². The summed E-state index contributed by atoms with van der Waals surface area (Å²) in [5.74, 6) is 4.73. The van der Waals surface area contributed by atoms with Gasteiger partial charge in [0.05, 0.1) is 11.6 Å². The highest BCUT2D eigenvalue weighted by Gasteiger charge is 2.53. The van der Waals surface area contributed by atoms with Crippen LogP contribution in [0.3, 0.4) is 0 Å². The first kappa shape index (κ1) is 26.3. The lowest BCUT2D eigenvalue weighted by atomic mass is 9.49. The third-order valence-corrected chi connectivity index (χ3v) is 10.4. The minimum absolute atomic E-state index is 0.0372. The second-order valence-electron chi connectivity index (χ2n) is 13.3. The fourth-order valence-electron chi connectivity index (χ4n) is 8.77. The monoisotopic (exact) mass is 585 g/mol. The van der Waals surface area contributed by atoms with Gasteiger partial charge in [-0.2, -0.15) is 5.26 Å². The second-order valence-corrected chi connectivity index (χ2v) is 13.3. The smallest absolute Gasteiger partial charge is 0.182 e. The van der Waals surface area contributed by atoms with Gasteiger partial charge in [-0.05, 0) is 97.2 Å². The molecule has 2 heterocycles. The van der Waals surface area contributed by atoms with Gasteiger partial charge in [0.25, 0.3) is 0 Å². The molecule has 4 aliphatic rings. The molecule has 0 unspecified atom stereocenters. The quantitative estimate of drug-likeness (QED) is 0.201. The van der Waals surface area contributed by atoms with E-state index in [-0.39, 0.29) is 5.41 Å². The molecule has 10 rings (SSSR count). The molecule has 45 heavy (non-hydrogen) atoms. The molecule has 4 fully saturated rings. The van der Waals surface area contributed by atoms with Gasteiger partial charge in [-0.1, -0.05) is 66.7 Å². The lowest BCUT2D eigenvalue weighted by molar-refractivity contribution is -0.00938. The maximum absolute atomic E-state index is 9.13. The van der Waals surface area contributed by atoms with Crippen molar-refractivity contribution in [3.05, 3.63) is 109 Å². The lowest BCUT2D eigenvalue weighted by Gasteiger charge is -2.56. The maximum Gasteiger partial charge on any atom is 0.182 e. The van der Waals surface area contributed by atoms with Crippen molar-refractivity contribution in [3.8, 4) is 51.1 Å². The maximum atomic E-state index is 9.13. The third kappa shape index (κ3) is 4.45. The Hall–Kier alpha value is -5.15. The van der Waals surface area contributed by atoms with Crippen LogP contribution in [0.25, 0.3) is 56.1 Å². The predicted octanol–water partition coefficient (Wildman–Crippen LogP) is 9.02. The first-order valence-corrected chi connectivity index (χ1v) is 15.9. The van der Waals surface area contributed by atoms with Crippen molar-refractivity contribution in [3.63, 3.8) is 0 Å². The van der Waals surface area contributed by atoms with E-state index < -0.39 is 0 Å². The van der Waals surface area contributed by atoms with E-state index in [1.165, 1.54) is 44.9 Å². The number of rotatable bonds is 5. The van der Waals surface area contributed by atoms with Crippen LogP contribution in [-0.2, 0) is 5.41 Å². The number of fused-ring (bicyclic) bond motifs is 1. The minimum atomic E-state index is 0.0372. The normalized spacial score (nSPS) is 23.3. The van der Waals surface area contributed by atoms with Crippen LogP contribution in [0.2, 0.25) is 0 Å². The number of aromatic nitrogens is 4. The average molecular weight is 586 g/mol. The van der Waals surface area contributed by atoms with Gasteiger partial charge in [-0.15, -0.1) is 0 Å². The summed E-state index contributed by atoms with van der Waals surface area (Å²) >= 11 is 0. The van der Waals surface area contributed by atoms with E-state index in [1.807, 2.05) is 42.5 Å². The van der Waals surface area contributed by atoms with Gasteiger partial charge in [-0.25, -0.2) is 19.9 Å². The van der Waals surface area contributed by atoms with E-state index in [0.29, 0.717) is 11.4 Å². The van der Waals surface area contributed by atoms with Crippen molar-refractivity contribution in [2.45, 2.75) is 43.9 Å². The van der Waals surface area contributed by atoms with E-state index in [9.17, 15) is 0 Å². The Kier molecular flexibility index (Phi) is 5.96. The molecule has 6 heteroatoms. The molecular formula is C39H31N5O. The SMILES string of the molecule is N#Cc1ccc(-c2ccc(-c3ccc(-c4nc(-c5ccccc5)nc(C56CC7CC(CC(C7)C5)C6)n4)c4ncoc34)cc2)cc1. The molecule has 0 saturated heterocycles. The van der Waals surface area contributed by atoms with Gasteiger partial charge in [0.15, 0.2) is 23.6 Å². The fourth-order valence-corrected chi connectivity index (χ4v) is 8.77. The van der Waals surface area contributed by atoms with Crippen molar-refractivity contribution < 1.29 is 4.42 Å². The van der Waals surface area contributed by atoms with Crippen molar-refractivity contribution in [1.29, 1.82) is 5.26 Å². The van der Waals surface area contributed by atoms with Gasteiger partial charge in [-0.3, -0.25) is 0 Å². The van der Waals surface area contributed by atoms with Crippen LogP contribution in [0.15, 0.2) is 102 Å². The summed E-state index contributed by atoms with van der Waals surface area (Å²) in [7, 11) is 0. The largest absolute Gasteiger partial charge is 0.443 e. The van der Waals surface area contributed by atoms with Crippen LogP contribution in [0.4, 0.5) is 0 Å². The molecule has 0 radical (unpaired) electrons. The number of nitrogens with zero attached hydrogens (tertiary/aromatic N) is 5. The summed E-state index contributed by atoms with van der Waals surface area (Å²) in [5.41, 5.74) is 8.19. The highest BCUT2D eigenvalue weighted by molar-refractivity contribution is 5.98. The zero-order valence-corrected chi connectivity index (χ0v) is 24.9. The number of hydrogen-bond donors (Lipinski definition) is 0. The van der Waals surface area contributed by atoms with Crippen LogP contribution < -0.4 is 0 Å². The molecule has 4 bridgehead atoms. The molecular weight excluding hydrogens is 554 g/mol. The van der Waals surface area contributed by atoms with E-state index in [1.54, 1.807) is 0 Å². The fraction of sp³-hybridized carbons (Fsp3) is 0.256. The lowest BCUT2D eigenvalue weighted by Crippen LogP contribution is -2.49. The average Bonchev–Trinajstić information content (AvgIpc) is 3.58. The van der Waals surface area contributed by atoms with Crippen LogP contribution in [0, 0.1) is 29.1 Å². The molecule has 0 spiro atoms. The molecule has 2 aromatic heterocycles. The molecule has 4 aliphatic carbocycles. The van der Waals surface area contributed by atoms with Crippen molar-refractivity contribution >= 4 is 11.1 Å². The first-order valence-electron chi connectivity index (χ1n) is 15.9. The van der Waals surface area contributed by atoms with Crippen LogP contribution in [-0.4, -0.2) is 19.9 Å². The summed E-state index contributed by atoms with van der Waals surface area (Å²) in [6, 6.07) is 32.7. The number of benzene rings is 4. The highest BCUT2D eigenvalue weighted by Crippen LogP contribution is 2.60. The standard InChI is InChI=1S/C39H31N5O/c40-22-24-6-8-28(9-7-24)29-10-12-30(13-11-29)32-14-15-33(34-35(32)45-23-41-34)37-42-36(31-4-2-1-3-5-31)43-38(44-37)39-19-25-16-26(20-39)18-27(17-25)21-39/h1-15,23,25-27H,16-21H2. The Bertz CT molecular complexity index is 2060. The molecule has 0 N–H and O–H groups in total. The van der Waals surface area contributed by atoms with Crippen molar-refractivity contribution in [1.82, 2.24) is 19.9 Å². The molecule has 6 nitrogen and oxygen atoms in total. The molecule has 0 aliphatic heterocycles. The topological polar surface area (TPSA) is 88.5 Å². The Morgan fingerprint density at radius 3 is 1.89 bits per heavy atom. The van der Waals surface area contributed by atoms with Crippen molar-refractivity contribution in [2.75, 3.05) is 0 Å². The zero-order chi connectivity index (χ0) is 30.0. The number of hydrogen-bond acceptors (Lipinski definition) is 6. The van der Waals surface area contributed by atoms with Gasteiger partial charge >= 0.3 is 0 Å². The summed E-state index contributed by atoms with van der Waals surface area (Å²) in [6.07, 6.45) is 9.20.